The summed E-state index contributed by atoms with van der Waals surface area (Å²) < 4.78 is 5.56. The van der Waals surface area contributed by atoms with Gasteiger partial charge in [-0.05, 0) is 45.5 Å². The number of likely N-dealkylation sites (tertiary alicyclic amines) is 1. The predicted octanol–water partition coefficient (Wildman–Crippen LogP) is 3.31. The summed E-state index contributed by atoms with van der Waals surface area (Å²) >= 11 is 11.8. The second kappa shape index (κ2) is 8.04. The van der Waals surface area contributed by atoms with Crippen LogP contribution in [0.5, 0.6) is 5.75 Å². The van der Waals surface area contributed by atoms with Crippen molar-refractivity contribution in [3.8, 4) is 5.75 Å². The number of carbonyl (C=O) groups is 1. The van der Waals surface area contributed by atoms with Gasteiger partial charge in [-0.1, -0.05) is 23.2 Å². The summed E-state index contributed by atoms with van der Waals surface area (Å²) in [6.07, 6.45) is 3.29. The van der Waals surface area contributed by atoms with Crippen LogP contribution in [0.3, 0.4) is 0 Å². The molecule has 4 nitrogen and oxygen atoms in total. The highest BCUT2D eigenvalue weighted by atomic mass is 35.5. The van der Waals surface area contributed by atoms with Crippen molar-refractivity contribution < 1.29 is 9.53 Å². The van der Waals surface area contributed by atoms with E-state index in [1.165, 1.54) is 6.42 Å². The molecule has 1 amide bonds. The molecule has 1 atom stereocenters. The molecule has 1 aliphatic rings. The third-order valence-electron chi connectivity index (χ3n) is 3.78. The van der Waals surface area contributed by atoms with Gasteiger partial charge in [-0.25, -0.2) is 0 Å². The Bertz CT molecular complexity index is 523. The summed E-state index contributed by atoms with van der Waals surface area (Å²) in [7, 11) is 4.06. The summed E-state index contributed by atoms with van der Waals surface area (Å²) in [5.41, 5.74) is 0. The van der Waals surface area contributed by atoms with Crippen LogP contribution in [0.1, 0.15) is 19.3 Å². The molecule has 1 unspecified atom stereocenters. The molecule has 0 spiro atoms. The van der Waals surface area contributed by atoms with Crippen LogP contribution in [-0.2, 0) is 4.79 Å². The smallest absolute Gasteiger partial charge is 0.260 e. The van der Waals surface area contributed by atoms with Crippen molar-refractivity contribution in [2.24, 2.45) is 0 Å². The Labute approximate surface area is 141 Å². The summed E-state index contributed by atoms with van der Waals surface area (Å²) in [6.45, 7) is 1.72. The molecule has 1 aromatic carbocycles. The molecule has 2 rings (SSSR count). The van der Waals surface area contributed by atoms with Gasteiger partial charge in [0.2, 0.25) is 0 Å². The lowest BCUT2D eigenvalue weighted by Gasteiger charge is -2.37. The van der Waals surface area contributed by atoms with Crippen molar-refractivity contribution >= 4 is 29.1 Å². The molecule has 0 aliphatic carbocycles. The number of benzene rings is 1. The highest BCUT2D eigenvalue weighted by molar-refractivity contribution is 6.42. The number of ether oxygens (including phenoxy) is 1. The number of nitrogens with zero attached hydrogens (tertiary/aromatic N) is 2. The zero-order valence-electron chi connectivity index (χ0n) is 13.0. The lowest BCUT2D eigenvalue weighted by molar-refractivity contribution is -0.137. The van der Waals surface area contributed by atoms with Crippen LogP contribution >= 0.6 is 23.2 Å². The van der Waals surface area contributed by atoms with Gasteiger partial charge in [0.1, 0.15) is 5.75 Å². The second-order valence-electron chi connectivity index (χ2n) is 5.86. The highest BCUT2D eigenvalue weighted by Crippen LogP contribution is 2.26. The van der Waals surface area contributed by atoms with Crippen molar-refractivity contribution in [1.82, 2.24) is 9.80 Å². The normalized spacial score (nSPS) is 18.6. The average molecular weight is 345 g/mol. The maximum Gasteiger partial charge on any atom is 0.260 e. The molecular formula is C16H22Cl2N2O2. The van der Waals surface area contributed by atoms with Crippen molar-refractivity contribution in [3.05, 3.63) is 28.2 Å². The summed E-state index contributed by atoms with van der Waals surface area (Å²) in [5.74, 6) is 0.585. The third kappa shape index (κ3) is 4.77. The zero-order chi connectivity index (χ0) is 16.1. The molecule has 6 heteroatoms. The Kier molecular flexibility index (Phi) is 6.36. The first-order chi connectivity index (χ1) is 10.5. The highest BCUT2D eigenvalue weighted by Gasteiger charge is 2.27. The number of halogens is 2. The molecule has 0 saturated carbocycles. The SMILES string of the molecule is CN(C)CC1CCCCN1C(=O)COc1ccc(Cl)c(Cl)c1. The van der Waals surface area contributed by atoms with Gasteiger partial charge >= 0.3 is 0 Å². The first-order valence-electron chi connectivity index (χ1n) is 7.49. The fourth-order valence-corrected chi connectivity index (χ4v) is 3.02. The molecule has 0 radical (unpaired) electrons. The van der Waals surface area contributed by atoms with Crippen LogP contribution in [0.2, 0.25) is 10.0 Å². The molecule has 1 aliphatic heterocycles. The molecule has 0 aromatic heterocycles. The fraction of sp³-hybridized carbons (Fsp3) is 0.562. The first kappa shape index (κ1) is 17.4. The van der Waals surface area contributed by atoms with Gasteiger partial charge in [0.15, 0.2) is 6.61 Å². The van der Waals surface area contributed by atoms with Gasteiger partial charge in [-0.15, -0.1) is 0 Å². The van der Waals surface area contributed by atoms with Gasteiger partial charge in [0.25, 0.3) is 5.91 Å². The second-order valence-corrected chi connectivity index (χ2v) is 6.68. The van der Waals surface area contributed by atoms with Crippen molar-refractivity contribution in [2.75, 3.05) is 33.8 Å². The maximum atomic E-state index is 12.4. The van der Waals surface area contributed by atoms with Gasteiger partial charge < -0.3 is 14.5 Å². The third-order valence-corrected chi connectivity index (χ3v) is 4.52. The number of carbonyl (C=O) groups excluding carboxylic acids is 1. The van der Waals surface area contributed by atoms with E-state index < -0.39 is 0 Å². The number of likely N-dealkylation sites (N-methyl/N-ethyl adjacent to an activating group) is 1. The topological polar surface area (TPSA) is 32.8 Å². The quantitative estimate of drug-likeness (QED) is 0.821. The lowest BCUT2D eigenvalue weighted by atomic mass is 10.0. The van der Waals surface area contributed by atoms with E-state index in [0.717, 1.165) is 25.9 Å². The van der Waals surface area contributed by atoms with E-state index in [4.69, 9.17) is 27.9 Å². The summed E-state index contributed by atoms with van der Waals surface area (Å²) in [6, 6.07) is 5.28. The minimum absolute atomic E-state index is 0.0256. The Morgan fingerprint density at radius 3 is 2.77 bits per heavy atom. The summed E-state index contributed by atoms with van der Waals surface area (Å²) in [4.78, 5) is 16.5. The fourth-order valence-electron chi connectivity index (χ4n) is 2.73. The van der Waals surface area contributed by atoms with Crippen LogP contribution in [0.4, 0.5) is 0 Å². The molecule has 1 heterocycles. The first-order valence-corrected chi connectivity index (χ1v) is 8.25. The van der Waals surface area contributed by atoms with Crippen LogP contribution in [0.25, 0.3) is 0 Å². The van der Waals surface area contributed by atoms with Gasteiger partial charge in [-0.3, -0.25) is 4.79 Å². The van der Waals surface area contributed by atoms with E-state index in [1.807, 2.05) is 19.0 Å². The van der Waals surface area contributed by atoms with Crippen molar-refractivity contribution in [2.45, 2.75) is 25.3 Å². The zero-order valence-corrected chi connectivity index (χ0v) is 14.5. The average Bonchev–Trinajstić information content (AvgIpc) is 2.48. The molecule has 1 saturated heterocycles. The lowest BCUT2D eigenvalue weighted by Crippen LogP contribution is -2.49. The van der Waals surface area contributed by atoms with E-state index in [9.17, 15) is 4.79 Å². The molecule has 0 bridgehead atoms. The van der Waals surface area contributed by atoms with Crippen molar-refractivity contribution in [1.29, 1.82) is 0 Å². The van der Waals surface area contributed by atoms with Crippen LogP contribution in [0, 0.1) is 0 Å². The molecule has 22 heavy (non-hydrogen) atoms. The minimum atomic E-state index is 0.0256. The minimum Gasteiger partial charge on any atom is -0.484 e. The number of piperidine rings is 1. The molecular weight excluding hydrogens is 323 g/mol. The maximum absolute atomic E-state index is 12.4. The van der Waals surface area contributed by atoms with Crippen molar-refractivity contribution in [3.63, 3.8) is 0 Å². The molecule has 122 valence electrons. The number of amides is 1. The molecule has 0 N–H and O–H groups in total. The predicted molar refractivity (Wildman–Crippen MR) is 89.9 cm³/mol. The summed E-state index contributed by atoms with van der Waals surface area (Å²) in [5, 5.41) is 0.900. The van der Waals surface area contributed by atoms with Gasteiger partial charge in [0, 0.05) is 25.2 Å². The largest absolute Gasteiger partial charge is 0.484 e. The van der Waals surface area contributed by atoms with E-state index >= 15 is 0 Å². The number of rotatable bonds is 5. The monoisotopic (exact) mass is 344 g/mol. The van der Waals surface area contributed by atoms with Gasteiger partial charge in [-0.2, -0.15) is 0 Å². The van der Waals surface area contributed by atoms with Gasteiger partial charge in [0.05, 0.1) is 10.0 Å². The van der Waals surface area contributed by atoms with Crippen LogP contribution < -0.4 is 4.74 Å². The van der Waals surface area contributed by atoms with E-state index in [-0.39, 0.29) is 18.6 Å². The molecule has 1 fully saturated rings. The molecule has 1 aromatic rings. The van der Waals surface area contributed by atoms with E-state index in [0.29, 0.717) is 15.8 Å². The van der Waals surface area contributed by atoms with E-state index in [2.05, 4.69) is 4.90 Å². The number of hydrogen-bond donors (Lipinski definition) is 0. The van der Waals surface area contributed by atoms with Crippen LogP contribution in [0.15, 0.2) is 18.2 Å². The van der Waals surface area contributed by atoms with Crippen LogP contribution in [-0.4, -0.2) is 55.5 Å². The standard InChI is InChI=1S/C16H22Cl2N2O2/c1-19(2)10-12-5-3-4-8-20(12)16(21)11-22-13-6-7-14(17)15(18)9-13/h6-7,9,12H,3-5,8,10-11H2,1-2H3. The Morgan fingerprint density at radius 1 is 1.32 bits per heavy atom. The van der Waals surface area contributed by atoms with E-state index in [1.54, 1.807) is 18.2 Å². The number of hydrogen-bond acceptors (Lipinski definition) is 3. The Balaban J connectivity index is 1.93. The Morgan fingerprint density at radius 2 is 2.09 bits per heavy atom. The Hall–Kier alpha value is -0.970.